The van der Waals surface area contributed by atoms with Crippen molar-refractivity contribution in [2.75, 3.05) is 19.8 Å². The lowest BCUT2D eigenvalue weighted by Gasteiger charge is -2.41. The van der Waals surface area contributed by atoms with Crippen LogP contribution in [0.3, 0.4) is 0 Å². The van der Waals surface area contributed by atoms with E-state index in [-0.39, 0.29) is 12.5 Å². The molecule has 130 valence electrons. The third-order valence-corrected chi connectivity index (χ3v) is 5.11. The van der Waals surface area contributed by atoms with E-state index in [4.69, 9.17) is 10.5 Å². The first-order valence-corrected chi connectivity index (χ1v) is 8.66. The van der Waals surface area contributed by atoms with Crippen LogP contribution in [-0.4, -0.2) is 69.9 Å². The summed E-state index contributed by atoms with van der Waals surface area (Å²) < 4.78 is 5.76. The van der Waals surface area contributed by atoms with Crippen molar-refractivity contribution in [2.45, 2.75) is 61.5 Å². The third kappa shape index (κ3) is 6.02. The molecule has 0 aromatic heterocycles. The zero-order valence-corrected chi connectivity index (χ0v) is 13.8. The molecule has 0 aromatic rings. The molecule has 22 heavy (non-hydrogen) atoms. The molecule has 7 nitrogen and oxygen atoms in total. The van der Waals surface area contributed by atoms with Crippen LogP contribution >= 0.6 is 11.8 Å². The summed E-state index contributed by atoms with van der Waals surface area (Å²) in [5.41, 5.74) is 4.94. The van der Waals surface area contributed by atoms with Crippen LogP contribution in [0.5, 0.6) is 0 Å². The molecule has 5 atom stereocenters. The Kier molecular flexibility index (Phi) is 9.30. The van der Waals surface area contributed by atoms with Crippen molar-refractivity contribution in [3.8, 4) is 0 Å². The maximum Gasteiger partial charge on any atom is 0.217 e. The Morgan fingerprint density at radius 2 is 1.91 bits per heavy atom. The fourth-order valence-electron chi connectivity index (χ4n) is 2.41. The summed E-state index contributed by atoms with van der Waals surface area (Å²) in [6.07, 6.45) is 1.65. The molecule has 0 spiro atoms. The number of ether oxygens (including phenoxy) is 1. The highest BCUT2D eigenvalue weighted by Gasteiger charge is 2.44. The SMILES string of the molecule is CC(=O)N[C@@H]1[C@@H](O)[C@H](O)[C@@H](CO)S[C@H]1OCCCCCCN. The van der Waals surface area contributed by atoms with E-state index in [0.717, 1.165) is 25.7 Å². The minimum Gasteiger partial charge on any atom is -0.395 e. The minimum atomic E-state index is -1.16. The van der Waals surface area contributed by atoms with Crippen molar-refractivity contribution in [3.63, 3.8) is 0 Å². The van der Waals surface area contributed by atoms with Gasteiger partial charge in [-0.2, -0.15) is 0 Å². The number of nitrogens with two attached hydrogens (primary N) is 1. The summed E-state index contributed by atoms with van der Waals surface area (Å²) in [6, 6.07) is -0.690. The minimum absolute atomic E-state index is 0.258. The molecule has 1 rings (SSSR count). The number of unbranched alkanes of at least 4 members (excludes halogenated alkanes) is 3. The molecular formula is C14H28N2O5S. The Morgan fingerprint density at radius 3 is 2.50 bits per heavy atom. The van der Waals surface area contributed by atoms with Crippen molar-refractivity contribution in [1.29, 1.82) is 0 Å². The van der Waals surface area contributed by atoms with Gasteiger partial charge in [0.15, 0.2) is 0 Å². The maximum absolute atomic E-state index is 11.3. The largest absolute Gasteiger partial charge is 0.395 e. The molecular weight excluding hydrogens is 308 g/mol. The van der Waals surface area contributed by atoms with Gasteiger partial charge in [0.25, 0.3) is 0 Å². The van der Waals surface area contributed by atoms with Crippen LogP contribution in [0.4, 0.5) is 0 Å². The van der Waals surface area contributed by atoms with Gasteiger partial charge >= 0.3 is 0 Å². The molecule has 0 aliphatic carbocycles. The number of aliphatic hydroxyl groups is 3. The van der Waals surface area contributed by atoms with Crippen LogP contribution in [0.15, 0.2) is 0 Å². The van der Waals surface area contributed by atoms with E-state index < -0.39 is 28.9 Å². The molecule has 0 aromatic carbocycles. The first-order chi connectivity index (χ1) is 10.5. The average molecular weight is 336 g/mol. The van der Waals surface area contributed by atoms with Gasteiger partial charge in [-0.3, -0.25) is 4.79 Å². The smallest absolute Gasteiger partial charge is 0.217 e. The zero-order valence-electron chi connectivity index (χ0n) is 13.0. The third-order valence-electron chi connectivity index (χ3n) is 3.63. The summed E-state index contributed by atoms with van der Waals surface area (Å²) in [6.45, 7) is 2.28. The van der Waals surface area contributed by atoms with Crippen molar-refractivity contribution in [2.24, 2.45) is 5.73 Å². The zero-order chi connectivity index (χ0) is 16.5. The number of amides is 1. The Morgan fingerprint density at radius 1 is 1.23 bits per heavy atom. The van der Waals surface area contributed by atoms with Crippen LogP contribution in [0, 0.1) is 0 Å². The summed E-state index contributed by atoms with van der Waals surface area (Å²) in [5.74, 6) is -0.296. The van der Waals surface area contributed by atoms with Gasteiger partial charge in [0, 0.05) is 13.5 Å². The summed E-state index contributed by atoms with van der Waals surface area (Å²) in [5, 5.41) is 31.5. The monoisotopic (exact) mass is 336 g/mol. The Bertz CT molecular complexity index is 334. The topological polar surface area (TPSA) is 125 Å². The van der Waals surface area contributed by atoms with E-state index in [2.05, 4.69) is 5.32 Å². The van der Waals surface area contributed by atoms with Crippen molar-refractivity contribution in [3.05, 3.63) is 0 Å². The van der Waals surface area contributed by atoms with Crippen molar-refractivity contribution >= 4 is 17.7 Å². The van der Waals surface area contributed by atoms with Crippen molar-refractivity contribution in [1.82, 2.24) is 5.32 Å². The van der Waals surface area contributed by atoms with Gasteiger partial charge in [0.05, 0.1) is 24.0 Å². The molecule has 0 radical (unpaired) electrons. The molecule has 0 bridgehead atoms. The molecule has 1 amide bonds. The number of hydrogen-bond acceptors (Lipinski definition) is 7. The Labute approximate surface area is 135 Å². The molecule has 0 unspecified atom stereocenters. The predicted octanol–water partition coefficient (Wildman–Crippen LogP) is -0.818. The Hall–Kier alpha value is -0.380. The molecule has 8 heteroatoms. The fourth-order valence-corrected chi connectivity index (χ4v) is 3.74. The summed E-state index contributed by atoms with van der Waals surface area (Å²) in [4.78, 5) is 11.3. The van der Waals surface area contributed by atoms with Crippen LogP contribution in [-0.2, 0) is 9.53 Å². The van der Waals surface area contributed by atoms with Crippen LogP contribution < -0.4 is 11.1 Å². The first-order valence-electron chi connectivity index (χ1n) is 7.72. The number of carbonyl (C=O) groups excluding carboxylic acids is 1. The van der Waals surface area contributed by atoms with Gasteiger partial charge < -0.3 is 31.1 Å². The molecule has 1 saturated heterocycles. The van der Waals surface area contributed by atoms with Crippen LogP contribution in [0.1, 0.15) is 32.6 Å². The molecule has 1 heterocycles. The van der Waals surface area contributed by atoms with Gasteiger partial charge in [-0.15, -0.1) is 11.8 Å². The molecule has 1 fully saturated rings. The molecule has 1 aliphatic rings. The number of thioether (sulfide) groups is 1. The molecule has 1 aliphatic heterocycles. The lowest BCUT2D eigenvalue weighted by Crippen LogP contribution is -2.61. The van der Waals surface area contributed by atoms with E-state index in [1.54, 1.807) is 0 Å². The van der Waals surface area contributed by atoms with Gasteiger partial charge in [0.1, 0.15) is 11.5 Å². The second-order valence-corrected chi connectivity index (χ2v) is 6.85. The standard InChI is InChI=1S/C14H28N2O5S/c1-9(18)16-11-13(20)12(19)10(8-17)22-14(11)21-7-5-3-2-4-6-15/h10-14,17,19-20H,2-8,15H2,1H3,(H,16,18)/t10-,11-,12-,13-,14-/m1/s1. The number of rotatable bonds is 9. The highest BCUT2D eigenvalue weighted by Crippen LogP contribution is 2.33. The summed E-state index contributed by atoms with van der Waals surface area (Å²) >= 11 is 1.24. The normalized spacial score (nSPS) is 32.0. The van der Waals surface area contributed by atoms with Crippen molar-refractivity contribution < 1.29 is 24.9 Å². The van der Waals surface area contributed by atoms with E-state index in [1.165, 1.54) is 18.7 Å². The second kappa shape index (κ2) is 10.4. The lowest BCUT2D eigenvalue weighted by atomic mass is 10.0. The average Bonchev–Trinajstić information content (AvgIpc) is 2.49. The predicted molar refractivity (Wildman–Crippen MR) is 85.3 cm³/mol. The second-order valence-electron chi connectivity index (χ2n) is 5.51. The number of hydrogen-bond donors (Lipinski definition) is 5. The Balaban J connectivity index is 2.52. The summed E-state index contributed by atoms with van der Waals surface area (Å²) in [7, 11) is 0. The van der Waals surface area contributed by atoms with Crippen LogP contribution in [0.2, 0.25) is 0 Å². The van der Waals surface area contributed by atoms with Gasteiger partial charge in [0.2, 0.25) is 5.91 Å². The maximum atomic E-state index is 11.3. The fraction of sp³-hybridized carbons (Fsp3) is 0.929. The van der Waals surface area contributed by atoms with E-state index in [1.807, 2.05) is 0 Å². The highest BCUT2D eigenvalue weighted by molar-refractivity contribution is 8.00. The molecule has 6 N–H and O–H groups in total. The number of aliphatic hydroxyl groups excluding tert-OH is 3. The van der Waals surface area contributed by atoms with Gasteiger partial charge in [-0.1, -0.05) is 12.8 Å². The highest BCUT2D eigenvalue weighted by atomic mass is 32.2. The van der Waals surface area contributed by atoms with Crippen LogP contribution in [0.25, 0.3) is 0 Å². The lowest BCUT2D eigenvalue weighted by molar-refractivity contribution is -0.123. The number of carbonyl (C=O) groups is 1. The quantitative estimate of drug-likeness (QED) is 0.348. The van der Waals surface area contributed by atoms with E-state index in [0.29, 0.717) is 13.2 Å². The number of nitrogens with one attached hydrogen (secondary N) is 1. The molecule has 0 saturated carbocycles. The van der Waals surface area contributed by atoms with Gasteiger partial charge in [-0.25, -0.2) is 0 Å². The van der Waals surface area contributed by atoms with E-state index in [9.17, 15) is 20.1 Å². The van der Waals surface area contributed by atoms with E-state index >= 15 is 0 Å². The van der Waals surface area contributed by atoms with Gasteiger partial charge in [-0.05, 0) is 19.4 Å². The first kappa shape index (κ1) is 19.7.